The van der Waals surface area contributed by atoms with Crippen LogP contribution >= 0.6 is 0 Å². The molecule has 9 nitrogen and oxygen atoms in total. The number of aliphatic hydroxyl groups excluding tert-OH is 1. The lowest BCUT2D eigenvalue weighted by Crippen LogP contribution is -2.29. The highest BCUT2D eigenvalue weighted by molar-refractivity contribution is 5.86. The van der Waals surface area contributed by atoms with E-state index in [-0.39, 0.29) is 12.6 Å². The van der Waals surface area contributed by atoms with Crippen molar-refractivity contribution in [1.82, 2.24) is 25.1 Å². The van der Waals surface area contributed by atoms with Gasteiger partial charge in [0.15, 0.2) is 11.3 Å². The van der Waals surface area contributed by atoms with E-state index in [1.807, 2.05) is 15.8 Å². The fraction of sp³-hybridized carbons (Fsp3) is 0.500. The molecular formula is C22H33N7O2. The minimum atomic E-state index is 0.0340. The predicted molar refractivity (Wildman–Crippen MR) is 123 cm³/mol. The van der Waals surface area contributed by atoms with Crippen molar-refractivity contribution in [3.8, 4) is 5.75 Å². The lowest BCUT2D eigenvalue weighted by atomic mass is 10.1. The van der Waals surface area contributed by atoms with Crippen molar-refractivity contribution in [1.29, 1.82) is 0 Å². The summed E-state index contributed by atoms with van der Waals surface area (Å²) >= 11 is 0. The number of rotatable bonds is 12. The minimum absolute atomic E-state index is 0.0340. The van der Waals surface area contributed by atoms with Crippen molar-refractivity contribution >= 4 is 22.8 Å². The molecule has 2 heterocycles. The molecule has 0 spiro atoms. The Kier molecular flexibility index (Phi) is 8.02. The standard InChI is InChI=1S/C22H33N7O2/c1-4-6-9-28(10-11-30)21-20-18(25-22(23)26-21)15-29(27-20)14-17-8-7-16(13-24-5-2)12-19(17)31-3/h7-8,12,15,24,30H,4-6,9-11,13-14H2,1-3H3,(H2,23,25). The first-order chi connectivity index (χ1) is 15.1. The molecule has 9 heteroatoms. The molecule has 0 aliphatic rings. The van der Waals surface area contributed by atoms with Crippen LogP contribution in [0.1, 0.15) is 37.8 Å². The Hall–Kier alpha value is -2.91. The number of aliphatic hydroxyl groups is 1. The Morgan fingerprint density at radius 1 is 1.23 bits per heavy atom. The fourth-order valence-electron chi connectivity index (χ4n) is 3.53. The summed E-state index contributed by atoms with van der Waals surface area (Å²) in [5.74, 6) is 1.69. The lowest BCUT2D eigenvalue weighted by Gasteiger charge is -2.22. The summed E-state index contributed by atoms with van der Waals surface area (Å²) < 4.78 is 7.45. The molecular weight excluding hydrogens is 394 g/mol. The van der Waals surface area contributed by atoms with Crippen molar-refractivity contribution in [2.75, 3.05) is 44.0 Å². The highest BCUT2D eigenvalue weighted by Gasteiger charge is 2.17. The number of nitrogens with two attached hydrogens (primary N) is 1. The zero-order chi connectivity index (χ0) is 22.2. The van der Waals surface area contributed by atoms with Gasteiger partial charge in [0.1, 0.15) is 11.3 Å². The molecule has 0 bridgehead atoms. The molecule has 0 saturated heterocycles. The van der Waals surface area contributed by atoms with Crippen LogP contribution < -0.4 is 20.7 Å². The highest BCUT2D eigenvalue weighted by atomic mass is 16.5. The van der Waals surface area contributed by atoms with Gasteiger partial charge in [-0.3, -0.25) is 4.68 Å². The van der Waals surface area contributed by atoms with Crippen LogP contribution in [0.25, 0.3) is 11.0 Å². The third-order valence-corrected chi connectivity index (χ3v) is 5.12. The van der Waals surface area contributed by atoms with E-state index < -0.39 is 0 Å². The normalized spacial score (nSPS) is 11.2. The van der Waals surface area contributed by atoms with Gasteiger partial charge in [-0.25, -0.2) is 4.98 Å². The van der Waals surface area contributed by atoms with E-state index >= 15 is 0 Å². The smallest absolute Gasteiger partial charge is 0.222 e. The van der Waals surface area contributed by atoms with Gasteiger partial charge in [-0.15, -0.1) is 0 Å². The number of aromatic nitrogens is 4. The Morgan fingerprint density at radius 3 is 2.77 bits per heavy atom. The Bertz CT molecular complexity index is 989. The molecule has 0 radical (unpaired) electrons. The molecule has 0 fully saturated rings. The van der Waals surface area contributed by atoms with Crippen LogP contribution in [-0.4, -0.2) is 58.2 Å². The molecule has 4 N–H and O–H groups in total. The molecule has 168 valence electrons. The molecule has 2 aromatic heterocycles. The van der Waals surface area contributed by atoms with Gasteiger partial charge < -0.3 is 25.8 Å². The first kappa shape index (κ1) is 22.8. The van der Waals surface area contributed by atoms with E-state index in [9.17, 15) is 5.11 Å². The summed E-state index contributed by atoms with van der Waals surface area (Å²) in [6, 6.07) is 6.22. The van der Waals surface area contributed by atoms with Gasteiger partial charge in [0.05, 0.1) is 26.5 Å². The second-order valence-electron chi connectivity index (χ2n) is 7.46. The maximum atomic E-state index is 9.51. The molecule has 3 aromatic rings. The number of anilines is 2. The number of hydrogen-bond donors (Lipinski definition) is 3. The van der Waals surface area contributed by atoms with Gasteiger partial charge in [0, 0.05) is 25.2 Å². The van der Waals surface area contributed by atoms with Crippen molar-refractivity contribution in [3.05, 3.63) is 35.5 Å². The van der Waals surface area contributed by atoms with Crippen LogP contribution in [0.4, 0.5) is 11.8 Å². The first-order valence-electron chi connectivity index (χ1n) is 10.8. The average Bonchev–Trinajstić information content (AvgIpc) is 3.17. The van der Waals surface area contributed by atoms with Gasteiger partial charge in [0.2, 0.25) is 5.95 Å². The number of unbranched alkanes of at least 4 members (excludes halogenated alkanes) is 1. The molecule has 31 heavy (non-hydrogen) atoms. The summed E-state index contributed by atoms with van der Waals surface area (Å²) in [6.45, 7) is 7.75. The second kappa shape index (κ2) is 10.9. The average molecular weight is 428 g/mol. The number of methoxy groups -OCH3 is 1. The molecule has 0 atom stereocenters. The van der Waals surface area contributed by atoms with Crippen LogP contribution in [0.2, 0.25) is 0 Å². The third kappa shape index (κ3) is 5.62. The Morgan fingerprint density at radius 2 is 2.06 bits per heavy atom. The Balaban J connectivity index is 1.92. The molecule has 3 rings (SSSR count). The number of nitrogens with zero attached hydrogens (tertiary/aromatic N) is 5. The maximum Gasteiger partial charge on any atom is 0.222 e. The van der Waals surface area contributed by atoms with Gasteiger partial charge in [0.25, 0.3) is 0 Å². The monoisotopic (exact) mass is 427 g/mol. The number of benzene rings is 1. The molecule has 0 saturated carbocycles. The van der Waals surface area contributed by atoms with E-state index in [0.717, 1.165) is 43.8 Å². The topological polar surface area (TPSA) is 114 Å². The lowest BCUT2D eigenvalue weighted by molar-refractivity contribution is 0.301. The van der Waals surface area contributed by atoms with Gasteiger partial charge in [-0.05, 0) is 24.6 Å². The zero-order valence-electron chi connectivity index (χ0n) is 18.6. The van der Waals surface area contributed by atoms with Crippen molar-refractivity contribution in [2.45, 2.75) is 39.8 Å². The van der Waals surface area contributed by atoms with Crippen LogP contribution in [0.5, 0.6) is 5.75 Å². The van der Waals surface area contributed by atoms with Crippen molar-refractivity contribution in [3.63, 3.8) is 0 Å². The third-order valence-electron chi connectivity index (χ3n) is 5.12. The Labute approximate surface area is 183 Å². The number of nitrogens with one attached hydrogen (secondary N) is 1. The summed E-state index contributed by atoms with van der Waals surface area (Å²) in [7, 11) is 1.68. The molecule has 0 unspecified atom stereocenters. The van der Waals surface area contributed by atoms with Crippen LogP contribution in [0.15, 0.2) is 24.4 Å². The molecule has 0 aliphatic heterocycles. The van der Waals surface area contributed by atoms with E-state index in [1.165, 1.54) is 5.56 Å². The van der Waals surface area contributed by atoms with E-state index in [2.05, 4.69) is 47.3 Å². The van der Waals surface area contributed by atoms with Crippen LogP contribution in [0, 0.1) is 0 Å². The number of fused-ring (bicyclic) bond motifs is 1. The quantitative estimate of drug-likeness (QED) is 0.403. The summed E-state index contributed by atoms with van der Waals surface area (Å²) in [5.41, 5.74) is 9.54. The van der Waals surface area contributed by atoms with E-state index in [4.69, 9.17) is 15.6 Å². The van der Waals surface area contributed by atoms with Gasteiger partial charge in [-0.1, -0.05) is 32.4 Å². The number of ether oxygens (including phenoxy) is 1. The second-order valence-corrected chi connectivity index (χ2v) is 7.46. The molecule has 0 amide bonds. The maximum absolute atomic E-state index is 9.51. The van der Waals surface area contributed by atoms with E-state index in [1.54, 1.807) is 7.11 Å². The number of nitrogen functional groups attached to an aromatic ring is 1. The van der Waals surface area contributed by atoms with Crippen molar-refractivity contribution in [2.24, 2.45) is 0 Å². The van der Waals surface area contributed by atoms with Crippen LogP contribution in [0.3, 0.4) is 0 Å². The minimum Gasteiger partial charge on any atom is -0.496 e. The molecule has 1 aromatic carbocycles. The van der Waals surface area contributed by atoms with Crippen LogP contribution in [-0.2, 0) is 13.1 Å². The SMILES string of the molecule is CCCCN(CCO)c1nc(N)nc2cn(Cc3ccc(CNCC)cc3OC)nc12. The number of hydrogen-bond acceptors (Lipinski definition) is 8. The summed E-state index contributed by atoms with van der Waals surface area (Å²) in [6.07, 6.45) is 3.91. The first-order valence-corrected chi connectivity index (χ1v) is 10.8. The largest absolute Gasteiger partial charge is 0.496 e. The summed E-state index contributed by atoms with van der Waals surface area (Å²) in [5, 5.41) is 17.6. The zero-order valence-corrected chi connectivity index (χ0v) is 18.6. The molecule has 0 aliphatic carbocycles. The van der Waals surface area contributed by atoms with E-state index in [0.29, 0.717) is 29.9 Å². The highest BCUT2D eigenvalue weighted by Crippen LogP contribution is 2.26. The van der Waals surface area contributed by atoms with Crippen molar-refractivity contribution < 1.29 is 9.84 Å². The summed E-state index contributed by atoms with van der Waals surface area (Å²) in [4.78, 5) is 10.8. The predicted octanol–water partition coefficient (Wildman–Crippen LogP) is 2.17. The van der Waals surface area contributed by atoms with Gasteiger partial charge >= 0.3 is 0 Å². The van der Waals surface area contributed by atoms with Gasteiger partial charge in [-0.2, -0.15) is 10.1 Å². The fourth-order valence-corrected chi connectivity index (χ4v) is 3.53.